The highest BCUT2D eigenvalue weighted by Gasteiger charge is 2.34. The van der Waals surface area contributed by atoms with E-state index in [1.807, 2.05) is 0 Å². The molecule has 0 N–H and O–H groups in total. The van der Waals surface area contributed by atoms with E-state index in [0.717, 1.165) is 0 Å². The molecule has 0 bridgehead atoms. The second kappa shape index (κ2) is 6.53. The summed E-state index contributed by atoms with van der Waals surface area (Å²) < 4.78 is 11.1. The van der Waals surface area contributed by atoms with Crippen LogP contribution in [-0.4, -0.2) is 17.0 Å². The van der Waals surface area contributed by atoms with Crippen LogP contribution in [0.15, 0.2) is 41.3 Å². The smallest absolute Gasteiger partial charge is 0.270 e. The van der Waals surface area contributed by atoms with Crippen LogP contribution in [0.25, 0.3) is 6.08 Å². The number of thioether (sulfide) groups is 1. The van der Waals surface area contributed by atoms with Crippen LogP contribution < -0.4 is 14.4 Å². The molecule has 0 aliphatic carbocycles. The molecule has 4 rings (SSSR count). The molecule has 0 aromatic heterocycles. The van der Waals surface area contributed by atoms with Crippen molar-refractivity contribution in [3.05, 3.63) is 56.9 Å². The molecule has 1 amide bonds. The Morgan fingerprint density at radius 1 is 1.12 bits per heavy atom. The molecule has 2 aromatic carbocycles. The van der Waals surface area contributed by atoms with Crippen LogP contribution in [0.5, 0.6) is 11.5 Å². The Balaban J connectivity index is 1.70. The Kier molecular flexibility index (Phi) is 4.37. The van der Waals surface area contributed by atoms with Gasteiger partial charge in [0.05, 0.1) is 10.6 Å². The first-order valence-electron chi connectivity index (χ1n) is 7.16. The van der Waals surface area contributed by atoms with Crippen molar-refractivity contribution in [3.63, 3.8) is 0 Å². The maximum absolute atomic E-state index is 12.8. The second-order valence-corrected chi connectivity index (χ2v) is 7.68. The van der Waals surface area contributed by atoms with Crippen molar-refractivity contribution < 1.29 is 14.3 Å². The highest BCUT2D eigenvalue weighted by atomic mass is 35.5. The first-order chi connectivity index (χ1) is 12.0. The van der Waals surface area contributed by atoms with E-state index in [1.165, 1.54) is 16.7 Å². The molecular weight excluding hydrogens is 401 g/mol. The van der Waals surface area contributed by atoms with E-state index < -0.39 is 0 Å². The van der Waals surface area contributed by atoms with Gasteiger partial charge >= 0.3 is 0 Å². The number of hydrogen-bond acceptors (Lipinski definition) is 5. The predicted molar refractivity (Wildman–Crippen MR) is 105 cm³/mol. The highest BCUT2D eigenvalue weighted by Crippen LogP contribution is 2.41. The number of benzene rings is 2. The number of rotatable bonds is 2. The second-order valence-electron chi connectivity index (χ2n) is 5.19. The minimum Gasteiger partial charge on any atom is -0.454 e. The van der Waals surface area contributed by atoms with Crippen LogP contribution in [0.3, 0.4) is 0 Å². The van der Waals surface area contributed by atoms with Crippen molar-refractivity contribution in [2.75, 3.05) is 11.7 Å². The Morgan fingerprint density at radius 3 is 2.60 bits per heavy atom. The monoisotopic (exact) mass is 409 g/mol. The fraction of sp³-hybridized carbons (Fsp3) is 0.0588. The number of amides is 1. The Bertz CT molecular complexity index is 925. The van der Waals surface area contributed by atoms with Crippen molar-refractivity contribution >= 4 is 69.2 Å². The average molecular weight is 410 g/mol. The molecule has 0 radical (unpaired) electrons. The van der Waals surface area contributed by atoms with Crippen molar-refractivity contribution in [2.45, 2.75) is 0 Å². The maximum atomic E-state index is 12.8. The zero-order valence-electron chi connectivity index (χ0n) is 12.5. The summed E-state index contributed by atoms with van der Waals surface area (Å²) in [4.78, 5) is 14.7. The number of carbonyl (C=O) groups excluding carboxylic acids is 1. The van der Waals surface area contributed by atoms with E-state index in [-0.39, 0.29) is 12.7 Å². The number of halogens is 2. The van der Waals surface area contributed by atoms with Gasteiger partial charge in [-0.2, -0.15) is 0 Å². The average Bonchev–Trinajstić information content (AvgIpc) is 3.15. The summed E-state index contributed by atoms with van der Waals surface area (Å²) in [7, 11) is 0. The van der Waals surface area contributed by atoms with Gasteiger partial charge in [0, 0.05) is 21.7 Å². The van der Waals surface area contributed by atoms with Crippen LogP contribution >= 0.6 is 47.2 Å². The van der Waals surface area contributed by atoms with Gasteiger partial charge in [-0.05, 0) is 30.3 Å². The first-order valence-corrected chi connectivity index (χ1v) is 9.14. The zero-order chi connectivity index (χ0) is 17.6. The van der Waals surface area contributed by atoms with Crippen molar-refractivity contribution in [2.24, 2.45) is 0 Å². The van der Waals surface area contributed by atoms with Gasteiger partial charge in [0.15, 0.2) is 15.8 Å². The quantitative estimate of drug-likeness (QED) is 0.507. The van der Waals surface area contributed by atoms with E-state index >= 15 is 0 Å². The Hall–Kier alpha value is -1.73. The predicted octanol–water partition coefficient (Wildman–Crippen LogP) is 5.13. The fourth-order valence-corrected chi connectivity index (χ4v) is 4.28. The lowest BCUT2D eigenvalue weighted by atomic mass is 10.2. The molecular formula is C17H9Cl2NO3S2. The molecule has 0 saturated carbocycles. The lowest BCUT2D eigenvalue weighted by Gasteiger charge is -2.14. The molecule has 2 aromatic rings. The van der Waals surface area contributed by atoms with Gasteiger partial charge in [-0.25, -0.2) is 0 Å². The third-order valence-corrected chi connectivity index (χ3v) is 5.64. The molecule has 0 unspecified atom stereocenters. The molecule has 126 valence electrons. The summed E-state index contributed by atoms with van der Waals surface area (Å²) >= 11 is 18.9. The lowest BCUT2D eigenvalue weighted by Crippen LogP contribution is -2.27. The highest BCUT2D eigenvalue weighted by molar-refractivity contribution is 8.27. The number of anilines is 1. The minimum atomic E-state index is -0.232. The number of hydrogen-bond donors (Lipinski definition) is 0. The third kappa shape index (κ3) is 3.00. The first kappa shape index (κ1) is 16.7. The molecule has 1 saturated heterocycles. The normalized spacial score (nSPS) is 17.7. The Morgan fingerprint density at radius 2 is 1.84 bits per heavy atom. The van der Waals surface area contributed by atoms with E-state index in [0.29, 0.717) is 42.0 Å². The molecule has 2 aliphatic rings. The molecule has 2 aliphatic heterocycles. The van der Waals surface area contributed by atoms with Crippen LogP contribution in [0.2, 0.25) is 10.0 Å². The standard InChI is InChI=1S/C17H9Cl2NO3S2/c18-11-2-1-3-12(19)10(11)7-15-16(21)20(17(24)25-15)9-4-5-13-14(6-9)23-8-22-13/h1-7H,8H2/b15-7+. The molecule has 8 heteroatoms. The minimum absolute atomic E-state index is 0.169. The number of ether oxygens (including phenoxy) is 2. The van der Waals surface area contributed by atoms with Crippen molar-refractivity contribution in [3.8, 4) is 11.5 Å². The fourth-order valence-electron chi connectivity index (χ4n) is 2.49. The molecule has 1 fully saturated rings. The number of carbonyl (C=O) groups is 1. The summed E-state index contributed by atoms with van der Waals surface area (Å²) in [6.07, 6.45) is 1.66. The maximum Gasteiger partial charge on any atom is 0.270 e. The largest absolute Gasteiger partial charge is 0.454 e. The van der Waals surface area contributed by atoms with Crippen LogP contribution in [0, 0.1) is 0 Å². The van der Waals surface area contributed by atoms with Gasteiger partial charge < -0.3 is 9.47 Å². The van der Waals surface area contributed by atoms with Crippen molar-refractivity contribution in [1.82, 2.24) is 0 Å². The lowest BCUT2D eigenvalue weighted by molar-refractivity contribution is -0.113. The van der Waals surface area contributed by atoms with Crippen LogP contribution in [-0.2, 0) is 4.79 Å². The van der Waals surface area contributed by atoms with E-state index in [1.54, 1.807) is 42.5 Å². The van der Waals surface area contributed by atoms with E-state index in [4.69, 9.17) is 44.9 Å². The van der Waals surface area contributed by atoms with Crippen LogP contribution in [0.4, 0.5) is 5.69 Å². The topological polar surface area (TPSA) is 38.8 Å². The molecule has 0 spiro atoms. The van der Waals surface area contributed by atoms with E-state index in [2.05, 4.69) is 0 Å². The van der Waals surface area contributed by atoms with E-state index in [9.17, 15) is 4.79 Å². The summed E-state index contributed by atoms with van der Waals surface area (Å²) in [5.74, 6) is 1.00. The van der Waals surface area contributed by atoms with Crippen LogP contribution in [0.1, 0.15) is 5.56 Å². The van der Waals surface area contributed by atoms with Gasteiger partial charge in [0.1, 0.15) is 0 Å². The summed E-state index contributed by atoms with van der Waals surface area (Å²) in [6, 6.07) is 10.4. The summed E-state index contributed by atoms with van der Waals surface area (Å²) in [5.41, 5.74) is 1.22. The molecule has 0 atom stereocenters. The number of thiocarbonyl (C=S) groups is 1. The molecule has 4 nitrogen and oxygen atoms in total. The number of nitrogens with zero attached hydrogens (tertiary/aromatic N) is 1. The molecule has 2 heterocycles. The van der Waals surface area contributed by atoms with Crippen molar-refractivity contribution in [1.29, 1.82) is 0 Å². The molecule has 25 heavy (non-hydrogen) atoms. The summed E-state index contributed by atoms with van der Waals surface area (Å²) in [6.45, 7) is 0.169. The van der Waals surface area contributed by atoms with Gasteiger partial charge in [-0.15, -0.1) is 0 Å². The van der Waals surface area contributed by atoms with Gasteiger partial charge in [-0.1, -0.05) is 53.2 Å². The van der Waals surface area contributed by atoms with Gasteiger partial charge in [0.25, 0.3) is 5.91 Å². The number of fused-ring (bicyclic) bond motifs is 1. The SMILES string of the molecule is O=C1/C(=C\c2c(Cl)cccc2Cl)SC(=S)N1c1ccc2c(c1)OCO2. The zero-order valence-corrected chi connectivity index (χ0v) is 15.6. The third-order valence-electron chi connectivity index (χ3n) is 3.68. The summed E-state index contributed by atoms with van der Waals surface area (Å²) in [5, 5.41) is 0.946. The van der Waals surface area contributed by atoms with Gasteiger partial charge in [-0.3, -0.25) is 9.69 Å². The Labute approximate surface area is 163 Å². The van der Waals surface area contributed by atoms with Gasteiger partial charge in [0.2, 0.25) is 6.79 Å².